The maximum atomic E-state index is 2.29. The number of rotatable bonds is 2. The second-order valence-electron chi connectivity index (χ2n) is 9.72. The molecule has 0 aliphatic rings. The molecule has 0 aliphatic carbocycles. The van der Waals surface area contributed by atoms with Gasteiger partial charge in [-0.15, -0.1) is 11.3 Å². The van der Waals surface area contributed by atoms with Crippen molar-refractivity contribution in [2.45, 2.75) is 0 Å². The molecule has 0 nitrogen and oxygen atoms in total. The van der Waals surface area contributed by atoms with Gasteiger partial charge in [0, 0.05) is 25.6 Å². The van der Waals surface area contributed by atoms with Crippen molar-refractivity contribution in [2.75, 3.05) is 0 Å². The third kappa shape index (κ3) is 3.15. The highest BCUT2D eigenvalue weighted by atomic mass is 32.1. The van der Waals surface area contributed by atoms with E-state index in [4.69, 9.17) is 0 Å². The Morgan fingerprint density at radius 3 is 1.76 bits per heavy atom. The molecule has 0 N–H and O–H groups in total. The molecule has 0 atom stereocenters. The first-order valence-electron chi connectivity index (χ1n) is 12.7. The topological polar surface area (TPSA) is 0 Å². The smallest absolute Gasteiger partial charge is 0.0440 e. The highest BCUT2D eigenvalue weighted by Gasteiger charge is 2.16. The Labute approximate surface area is 219 Å². The first-order chi connectivity index (χ1) is 18.3. The molecule has 0 radical (unpaired) electrons. The van der Waals surface area contributed by atoms with Gasteiger partial charge in [0.25, 0.3) is 0 Å². The molecule has 0 unspecified atom stereocenters. The molecule has 8 rings (SSSR count). The van der Waals surface area contributed by atoms with Gasteiger partial charge in [-0.1, -0.05) is 127 Å². The van der Waals surface area contributed by atoms with E-state index in [0.29, 0.717) is 0 Å². The lowest BCUT2D eigenvalue weighted by molar-refractivity contribution is 1.63. The third-order valence-electron chi connectivity index (χ3n) is 7.65. The fourth-order valence-corrected chi connectivity index (χ4v) is 7.26. The van der Waals surface area contributed by atoms with E-state index in [1.165, 1.54) is 74.7 Å². The Balaban J connectivity index is 1.33. The zero-order chi connectivity index (χ0) is 24.3. The highest BCUT2D eigenvalue weighted by molar-refractivity contribution is 7.27. The van der Waals surface area contributed by atoms with E-state index in [9.17, 15) is 0 Å². The van der Waals surface area contributed by atoms with Crippen molar-refractivity contribution < 1.29 is 0 Å². The molecule has 172 valence electrons. The Hall–Kier alpha value is -4.46. The maximum Gasteiger partial charge on any atom is 0.0440 e. The average Bonchev–Trinajstić information content (AvgIpc) is 3.38. The molecular weight excluding hydrogens is 464 g/mol. The average molecular weight is 487 g/mol. The van der Waals surface area contributed by atoms with Gasteiger partial charge in [-0.3, -0.25) is 0 Å². The Kier molecular flexibility index (Phi) is 4.49. The zero-order valence-electron chi connectivity index (χ0n) is 20.1. The summed E-state index contributed by atoms with van der Waals surface area (Å²) < 4.78 is 2.74. The lowest BCUT2D eigenvalue weighted by Crippen LogP contribution is -1.82. The summed E-state index contributed by atoms with van der Waals surface area (Å²) in [4.78, 5) is 0. The van der Waals surface area contributed by atoms with Crippen LogP contribution in [0.2, 0.25) is 0 Å². The molecule has 37 heavy (non-hydrogen) atoms. The summed E-state index contributed by atoms with van der Waals surface area (Å²) in [5.74, 6) is 0. The van der Waals surface area contributed by atoms with Crippen molar-refractivity contribution in [2.24, 2.45) is 0 Å². The third-order valence-corrected chi connectivity index (χ3v) is 8.92. The summed E-state index contributed by atoms with van der Waals surface area (Å²) in [6.45, 7) is 0. The van der Waals surface area contributed by atoms with Crippen molar-refractivity contribution in [1.29, 1.82) is 0 Å². The van der Waals surface area contributed by atoms with Gasteiger partial charge in [0.15, 0.2) is 0 Å². The summed E-state index contributed by atoms with van der Waals surface area (Å²) in [6.07, 6.45) is 0. The predicted octanol–water partition coefficient (Wildman–Crippen LogP) is 10.8. The van der Waals surface area contributed by atoms with Gasteiger partial charge in [0.2, 0.25) is 0 Å². The van der Waals surface area contributed by atoms with Crippen LogP contribution in [0.3, 0.4) is 0 Å². The van der Waals surface area contributed by atoms with Gasteiger partial charge >= 0.3 is 0 Å². The van der Waals surface area contributed by atoms with Crippen LogP contribution < -0.4 is 0 Å². The van der Waals surface area contributed by atoms with E-state index in [-0.39, 0.29) is 0 Å². The van der Waals surface area contributed by atoms with Crippen molar-refractivity contribution >= 4 is 63.8 Å². The van der Waals surface area contributed by atoms with Crippen molar-refractivity contribution in [3.8, 4) is 22.3 Å². The van der Waals surface area contributed by atoms with E-state index in [2.05, 4.69) is 133 Å². The number of hydrogen-bond acceptors (Lipinski definition) is 1. The van der Waals surface area contributed by atoms with Crippen LogP contribution in [0.5, 0.6) is 0 Å². The molecule has 1 aromatic heterocycles. The van der Waals surface area contributed by atoms with Crippen LogP contribution in [-0.2, 0) is 0 Å². The van der Waals surface area contributed by atoms with Crippen LogP contribution in [0.25, 0.3) is 74.7 Å². The fraction of sp³-hybridized carbons (Fsp3) is 0. The number of benzene rings is 7. The Morgan fingerprint density at radius 2 is 0.946 bits per heavy atom. The molecule has 1 heterocycles. The lowest BCUT2D eigenvalue weighted by Gasteiger charge is -2.08. The van der Waals surface area contributed by atoms with Gasteiger partial charge in [0.1, 0.15) is 0 Å². The van der Waals surface area contributed by atoms with E-state index in [1.807, 2.05) is 11.3 Å². The van der Waals surface area contributed by atoms with Crippen molar-refractivity contribution in [3.05, 3.63) is 133 Å². The Morgan fingerprint density at radius 1 is 0.351 bits per heavy atom. The van der Waals surface area contributed by atoms with Crippen LogP contribution in [0.15, 0.2) is 133 Å². The largest absolute Gasteiger partial charge is 0.134 e. The molecular formula is C36H22S. The number of fused-ring (bicyclic) bond motifs is 9. The quantitative estimate of drug-likeness (QED) is 0.213. The second-order valence-corrected chi connectivity index (χ2v) is 10.7. The summed E-state index contributed by atoms with van der Waals surface area (Å²) in [5, 5.41) is 10.6. The minimum Gasteiger partial charge on any atom is -0.134 e. The first-order valence-corrected chi connectivity index (χ1v) is 13.5. The van der Waals surface area contributed by atoms with E-state index in [0.717, 1.165) is 0 Å². The zero-order valence-corrected chi connectivity index (χ0v) is 20.9. The maximum absolute atomic E-state index is 2.29. The van der Waals surface area contributed by atoms with Crippen LogP contribution in [0.4, 0.5) is 0 Å². The molecule has 1 heteroatoms. The molecule has 8 aromatic rings. The standard InChI is InChI=1S/C36H22S/c1-2-9-26-22-27(21-18-23(26)8-1)24-16-19-25(20-17-24)28-14-7-15-33-34-31-12-5-3-10-29(31)30-11-4-6-13-32(30)36(34)37-35(28)33/h1-22H. The molecule has 0 aliphatic heterocycles. The van der Waals surface area contributed by atoms with Gasteiger partial charge in [-0.05, 0) is 55.3 Å². The lowest BCUT2D eigenvalue weighted by atomic mass is 9.95. The molecule has 0 fully saturated rings. The Bertz CT molecular complexity index is 2130. The second kappa shape index (κ2) is 8.03. The molecule has 0 amide bonds. The minimum absolute atomic E-state index is 1.25. The molecule has 0 saturated heterocycles. The van der Waals surface area contributed by atoms with Crippen molar-refractivity contribution in [3.63, 3.8) is 0 Å². The van der Waals surface area contributed by atoms with Crippen LogP contribution in [-0.4, -0.2) is 0 Å². The summed E-state index contributed by atoms with van der Waals surface area (Å²) in [5.41, 5.74) is 5.06. The monoisotopic (exact) mass is 486 g/mol. The SMILES string of the molecule is c1ccc2cc(-c3ccc(-c4cccc5c4sc4c6ccccc6c6ccccc6c54)cc3)ccc2c1. The van der Waals surface area contributed by atoms with Crippen molar-refractivity contribution in [1.82, 2.24) is 0 Å². The predicted molar refractivity (Wildman–Crippen MR) is 163 cm³/mol. The molecule has 0 saturated carbocycles. The molecule has 0 bridgehead atoms. The fourth-order valence-electron chi connectivity index (χ4n) is 5.87. The van der Waals surface area contributed by atoms with Crippen LogP contribution in [0.1, 0.15) is 0 Å². The van der Waals surface area contributed by atoms with Gasteiger partial charge in [-0.2, -0.15) is 0 Å². The molecule has 0 spiro atoms. The number of hydrogen-bond donors (Lipinski definition) is 0. The van der Waals surface area contributed by atoms with E-state index in [1.54, 1.807) is 0 Å². The van der Waals surface area contributed by atoms with E-state index >= 15 is 0 Å². The van der Waals surface area contributed by atoms with Crippen LogP contribution >= 0.6 is 11.3 Å². The number of thiophene rings is 1. The summed E-state index contributed by atoms with van der Waals surface area (Å²) in [7, 11) is 0. The van der Waals surface area contributed by atoms with Gasteiger partial charge in [-0.25, -0.2) is 0 Å². The summed E-state index contributed by atoms with van der Waals surface area (Å²) >= 11 is 1.93. The minimum atomic E-state index is 1.25. The summed E-state index contributed by atoms with van der Waals surface area (Å²) in [6, 6.07) is 48.8. The van der Waals surface area contributed by atoms with Gasteiger partial charge in [0.05, 0.1) is 0 Å². The van der Waals surface area contributed by atoms with Crippen LogP contribution in [0, 0.1) is 0 Å². The first kappa shape index (κ1) is 20.7. The van der Waals surface area contributed by atoms with E-state index < -0.39 is 0 Å². The van der Waals surface area contributed by atoms with Gasteiger partial charge < -0.3 is 0 Å². The normalized spacial score (nSPS) is 11.8. The highest BCUT2D eigenvalue weighted by Crippen LogP contribution is 2.46. The molecule has 7 aromatic carbocycles.